The van der Waals surface area contributed by atoms with Gasteiger partial charge < -0.3 is 9.84 Å². The van der Waals surface area contributed by atoms with Crippen LogP contribution in [0.15, 0.2) is 54.6 Å². The number of aliphatic carboxylic acids is 1. The molecular formula is C19H20O3. The molecule has 0 unspecified atom stereocenters. The van der Waals surface area contributed by atoms with E-state index in [1.807, 2.05) is 48.5 Å². The molecule has 3 nitrogen and oxygen atoms in total. The van der Waals surface area contributed by atoms with Gasteiger partial charge in [-0.25, -0.2) is 4.79 Å². The van der Waals surface area contributed by atoms with Crippen molar-refractivity contribution in [3.8, 4) is 5.75 Å². The van der Waals surface area contributed by atoms with Crippen LogP contribution >= 0.6 is 0 Å². The maximum absolute atomic E-state index is 11.2. The van der Waals surface area contributed by atoms with Gasteiger partial charge in [-0.1, -0.05) is 50.2 Å². The van der Waals surface area contributed by atoms with E-state index in [-0.39, 0.29) is 0 Å². The molecular weight excluding hydrogens is 276 g/mol. The van der Waals surface area contributed by atoms with Crippen LogP contribution in [-0.2, 0) is 4.79 Å². The first kappa shape index (κ1) is 15.8. The van der Waals surface area contributed by atoms with E-state index in [9.17, 15) is 4.79 Å². The summed E-state index contributed by atoms with van der Waals surface area (Å²) in [7, 11) is 1.59. The van der Waals surface area contributed by atoms with E-state index >= 15 is 0 Å². The minimum Gasteiger partial charge on any atom is -0.497 e. The molecule has 0 atom stereocenters. The van der Waals surface area contributed by atoms with Crippen LogP contribution in [0.2, 0.25) is 0 Å². The molecule has 0 aliphatic heterocycles. The smallest absolute Gasteiger partial charge is 0.328 e. The Kier molecular flexibility index (Phi) is 4.99. The molecule has 0 aliphatic rings. The maximum Gasteiger partial charge on any atom is 0.328 e. The Bertz CT molecular complexity index is 682. The Morgan fingerprint density at radius 3 is 2.32 bits per heavy atom. The fraction of sp³-hybridized carbons (Fsp3) is 0.211. The first-order chi connectivity index (χ1) is 10.5. The summed E-state index contributed by atoms with van der Waals surface area (Å²) in [6.45, 7) is 4.26. The lowest BCUT2D eigenvalue weighted by atomic mass is 9.94. The third kappa shape index (κ3) is 3.76. The second kappa shape index (κ2) is 6.94. The number of carbonyl (C=O) groups is 1. The number of rotatable bonds is 5. The zero-order valence-electron chi connectivity index (χ0n) is 13.0. The Balaban J connectivity index is 2.48. The van der Waals surface area contributed by atoms with Crippen LogP contribution in [0.3, 0.4) is 0 Å². The Morgan fingerprint density at radius 2 is 1.77 bits per heavy atom. The van der Waals surface area contributed by atoms with Crippen LogP contribution in [-0.4, -0.2) is 18.2 Å². The van der Waals surface area contributed by atoms with Gasteiger partial charge in [0.2, 0.25) is 0 Å². The lowest BCUT2D eigenvalue weighted by Gasteiger charge is -2.11. The Labute approximate surface area is 130 Å². The van der Waals surface area contributed by atoms with Crippen molar-refractivity contribution < 1.29 is 14.6 Å². The van der Waals surface area contributed by atoms with Crippen LogP contribution in [0.5, 0.6) is 5.75 Å². The van der Waals surface area contributed by atoms with Gasteiger partial charge in [-0.2, -0.15) is 0 Å². The molecule has 0 saturated carbocycles. The lowest BCUT2D eigenvalue weighted by Crippen LogP contribution is -1.96. The molecule has 0 amide bonds. The molecule has 1 N–H and O–H groups in total. The molecule has 0 aliphatic carbocycles. The molecule has 114 valence electrons. The van der Waals surface area contributed by atoms with Crippen LogP contribution < -0.4 is 4.74 Å². The van der Waals surface area contributed by atoms with Gasteiger partial charge in [-0.05, 0) is 40.3 Å². The fourth-order valence-electron chi connectivity index (χ4n) is 2.29. The predicted octanol–water partition coefficient (Wildman–Crippen LogP) is 4.33. The van der Waals surface area contributed by atoms with Crippen LogP contribution in [0.25, 0.3) is 5.57 Å². The molecule has 0 heterocycles. The molecule has 2 aromatic rings. The minimum absolute atomic E-state index is 0.442. The van der Waals surface area contributed by atoms with Crippen molar-refractivity contribution in [2.24, 2.45) is 0 Å². The molecule has 3 heteroatoms. The van der Waals surface area contributed by atoms with Gasteiger partial charge in [0.1, 0.15) is 5.75 Å². The molecule has 2 aromatic carbocycles. The van der Waals surface area contributed by atoms with Gasteiger partial charge in [0, 0.05) is 6.08 Å². The monoisotopic (exact) mass is 296 g/mol. The average Bonchev–Trinajstić information content (AvgIpc) is 2.52. The van der Waals surface area contributed by atoms with Crippen molar-refractivity contribution in [3.63, 3.8) is 0 Å². The highest BCUT2D eigenvalue weighted by atomic mass is 16.5. The van der Waals surface area contributed by atoms with Gasteiger partial charge in [-0.15, -0.1) is 0 Å². The topological polar surface area (TPSA) is 46.5 Å². The summed E-state index contributed by atoms with van der Waals surface area (Å²) >= 11 is 0. The zero-order chi connectivity index (χ0) is 16.1. The van der Waals surface area contributed by atoms with E-state index < -0.39 is 5.97 Å². The van der Waals surface area contributed by atoms with Crippen LogP contribution in [0, 0.1) is 0 Å². The molecule has 0 saturated heterocycles. The quantitative estimate of drug-likeness (QED) is 0.835. The molecule has 0 fully saturated rings. The molecule has 0 aromatic heterocycles. The van der Waals surface area contributed by atoms with E-state index in [0.717, 1.165) is 11.1 Å². The summed E-state index contributed by atoms with van der Waals surface area (Å²) < 4.78 is 5.22. The van der Waals surface area contributed by atoms with Crippen molar-refractivity contribution in [3.05, 3.63) is 71.3 Å². The molecule has 0 radical (unpaired) electrons. The third-order valence-electron chi connectivity index (χ3n) is 3.54. The predicted molar refractivity (Wildman–Crippen MR) is 88.2 cm³/mol. The van der Waals surface area contributed by atoms with Crippen molar-refractivity contribution in [1.82, 2.24) is 0 Å². The van der Waals surface area contributed by atoms with Crippen molar-refractivity contribution >= 4 is 11.5 Å². The summed E-state index contributed by atoms with van der Waals surface area (Å²) in [6.07, 6.45) is 1.24. The van der Waals surface area contributed by atoms with E-state index in [1.165, 1.54) is 11.6 Å². The van der Waals surface area contributed by atoms with Gasteiger partial charge in [0.25, 0.3) is 0 Å². The first-order valence-corrected chi connectivity index (χ1v) is 7.20. The maximum atomic E-state index is 11.2. The second-order valence-corrected chi connectivity index (χ2v) is 5.40. The number of benzene rings is 2. The first-order valence-electron chi connectivity index (χ1n) is 7.20. The number of carboxylic acids is 1. The molecule has 2 rings (SSSR count). The summed E-state index contributed by atoms with van der Waals surface area (Å²) in [5.41, 5.74) is 3.59. The number of methoxy groups -OCH3 is 1. The Morgan fingerprint density at radius 1 is 1.09 bits per heavy atom. The van der Waals surface area contributed by atoms with Crippen LogP contribution in [0.1, 0.15) is 36.5 Å². The minimum atomic E-state index is -0.967. The normalized spacial score (nSPS) is 11.5. The van der Waals surface area contributed by atoms with E-state index in [2.05, 4.69) is 13.8 Å². The second-order valence-electron chi connectivity index (χ2n) is 5.40. The van der Waals surface area contributed by atoms with E-state index in [1.54, 1.807) is 7.11 Å². The SMILES string of the molecule is COc1cccc(/C(=C\C(=O)O)c2ccc(C(C)C)cc2)c1. The van der Waals surface area contributed by atoms with Gasteiger partial charge in [0.05, 0.1) is 7.11 Å². The molecule has 0 bridgehead atoms. The zero-order valence-corrected chi connectivity index (χ0v) is 13.0. The van der Waals surface area contributed by atoms with Gasteiger partial charge >= 0.3 is 5.97 Å². The molecule has 0 spiro atoms. The number of hydrogen-bond acceptors (Lipinski definition) is 2. The van der Waals surface area contributed by atoms with Crippen molar-refractivity contribution in [2.75, 3.05) is 7.11 Å². The van der Waals surface area contributed by atoms with Gasteiger partial charge in [-0.3, -0.25) is 0 Å². The summed E-state index contributed by atoms with van der Waals surface area (Å²) in [6, 6.07) is 15.4. The largest absolute Gasteiger partial charge is 0.497 e. The summed E-state index contributed by atoms with van der Waals surface area (Å²) in [5.74, 6) is 0.177. The summed E-state index contributed by atoms with van der Waals surface area (Å²) in [5, 5.41) is 9.17. The van der Waals surface area contributed by atoms with Crippen molar-refractivity contribution in [2.45, 2.75) is 19.8 Å². The van der Waals surface area contributed by atoms with E-state index in [0.29, 0.717) is 17.2 Å². The fourth-order valence-corrected chi connectivity index (χ4v) is 2.29. The lowest BCUT2D eigenvalue weighted by molar-refractivity contribution is -0.131. The van der Waals surface area contributed by atoms with Crippen LogP contribution in [0.4, 0.5) is 0 Å². The number of hydrogen-bond donors (Lipinski definition) is 1. The van der Waals surface area contributed by atoms with Crippen molar-refractivity contribution in [1.29, 1.82) is 0 Å². The average molecular weight is 296 g/mol. The third-order valence-corrected chi connectivity index (χ3v) is 3.54. The molecule has 22 heavy (non-hydrogen) atoms. The highest BCUT2D eigenvalue weighted by molar-refractivity contribution is 5.95. The highest BCUT2D eigenvalue weighted by Crippen LogP contribution is 2.27. The van der Waals surface area contributed by atoms with Gasteiger partial charge in [0.15, 0.2) is 0 Å². The highest BCUT2D eigenvalue weighted by Gasteiger charge is 2.09. The Hall–Kier alpha value is -2.55. The van der Waals surface area contributed by atoms with E-state index in [4.69, 9.17) is 9.84 Å². The number of ether oxygens (including phenoxy) is 1. The number of carboxylic acid groups (broad SMARTS) is 1. The standard InChI is InChI=1S/C19H20O3/c1-13(2)14-7-9-15(10-8-14)18(12-19(20)21)16-5-4-6-17(11-16)22-3/h4-13H,1-3H3,(H,20,21)/b18-12-. The summed E-state index contributed by atoms with van der Waals surface area (Å²) in [4.78, 5) is 11.2.